The lowest BCUT2D eigenvalue weighted by Gasteiger charge is -2.17. The van der Waals surface area contributed by atoms with Crippen LogP contribution >= 0.6 is 45.2 Å². The minimum atomic E-state index is 1.05. The Bertz CT molecular complexity index is 1090. The van der Waals surface area contributed by atoms with Crippen molar-refractivity contribution in [1.29, 1.82) is 0 Å². The first-order valence-electron chi connectivity index (χ1n) is 10.4. The summed E-state index contributed by atoms with van der Waals surface area (Å²) in [5, 5.41) is 0. The standard InChI is InChI=1S/C28H22I2/c29-25-13-9-23(10-14-25)27-17-19-1-2-20-4-6-22(8-7-21(27)5-3-19)28(18-20)24-11-15-26(30)16-12-24/h3-6,9-18H,1-2,7-8H2. The Hall–Kier alpha value is -1.66. The van der Waals surface area contributed by atoms with Gasteiger partial charge in [0.05, 0.1) is 0 Å². The summed E-state index contributed by atoms with van der Waals surface area (Å²) in [5.41, 5.74) is 11.2. The van der Waals surface area contributed by atoms with Gasteiger partial charge in [-0.3, -0.25) is 0 Å². The SMILES string of the molecule is Ic1ccc(-c2cc3ccc2CCc2ccc(cc2-c2ccc(I)cc2)CC3)cc1. The van der Waals surface area contributed by atoms with Gasteiger partial charge in [-0.25, -0.2) is 0 Å². The van der Waals surface area contributed by atoms with Crippen LogP contribution in [0.15, 0.2) is 84.9 Å². The fourth-order valence-electron chi connectivity index (χ4n) is 4.35. The van der Waals surface area contributed by atoms with Gasteiger partial charge in [-0.1, -0.05) is 60.7 Å². The minimum Gasteiger partial charge on any atom is -0.0587 e. The lowest BCUT2D eigenvalue weighted by atomic mass is 9.87. The van der Waals surface area contributed by atoms with E-state index in [0.717, 1.165) is 25.7 Å². The summed E-state index contributed by atoms with van der Waals surface area (Å²) in [6.45, 7) is 0. The molecule has 0 unspecified atom stereocenters. The molecule has 30 heavy (non-hydrogen) atoms. The molecule has 2 heteroatoms. The van der Waals surface area contributed by atoms with E-state index in [4.69, 9.17) is 0 Å². The predicted octanol–water partition coefficient (Wildman–Crippen LogP) is 8.11. The van der Waals surface area contributed by atoms with Crippen LogP contribution in [0.3, 0.4) is 0 Å². The Balaban J connectivity index is 1.57. The van der Waals surface area contributed by atoms with Crippen molar-refractivity contribution in [3.05, 3.63) is 114 Å². The molecule has 0 saturated carbocycles. The number of hydrogen-bond donors (Lipinski definition) is 0. The summed E-state index contributed by atoms with van der Waals surface area (Å²) < 4.78 is 2.57. The Morgan fingerprint density at radius 2 is 0.833 bits per heavy atom. The minimum absolute atomic E-state index is 1.05. The first-order valence-corrected chi connectivity index (χ1v) is 12.6. The molecule has 0 aromatic heterocycles. The molecule has 4 aromatic rings. The molecular formula is C28H22I2. The van der Waals surface area contributed by atoms with Crippen LogP contribution in [-0.2, 0) is 25.7 Å². The van der Waals surface area contributed by atoms with Gasteiger partial charge in [0.15, 0.2) is 0 Å². The van der Waals surface area contributed by atoms with Crippen molar-refractivity contribution in [2.24, 2.45) is 0 Å². The molecule has 0 fully saturated rings. The molecule has 0 heterocycles. The second-order valence-corrected chi connectivity index (χ2v) is 10.5. The van der Waals surface area contributed by atoms with Crippen LogP contribution in [0, 0.1) is 7.14 Å². The van der Waals surface area contributed by atoms with Crippen LogP contribution in [-0.4, -0.2) is 0 Å². The zero-order valence-electron chi connectivity index (χ0n) is 16.7. The van der Waals surface area contributed by atoms with E-state index in [0.29, 0.717) is 0 Å². The number of aryl methyl sites for hydroxylation is 4. The molecular weight excluding hydrogens is 590 g/mol. The summed E-state index contributed by atoms with van der Waals surface area (Å²) in [5.74, 6) is 0. The van der Waals surface area contributed by atoms with E-state index in [1.807, 2.05) is 0 Å². The summed E-state index contributed by atoms with van der Waals surface area (Å²) >= 11 is 4.76. The smallest absolute Gasteiger partial charge is 0.0130 e. The molecule has 0 aliphatic heterocycles. The fourth-order valence-corrected chi connectivity index (χ4v) is 5.07. The maximum atomic E-state index is 2.42. The molecule has 0 nitrogen and oxygen atoms in total. The van der Waals surface area contributed by atoms with Crippen molar-refractivity contribution >= 4 is 45.2 Å². The Kier molecular flexibility index (Phi) is 5.96. The largest absolute Gasteiger partial charge is 0.0587 e. The van der Waals surface area contributed by atoms with Crippen molar-refractivity contribution in [2.75, 3.05) is 0 Å². The Morgan fingerprint density at radius 3 is 1.23 bits per heavy atom. The van der Waals surface area contributed by atoms with Gasteiger partial charge >= 0.3 is 0 Å². The zero-order valence-corrected chi connectivity index (χ0v) is 21.0. The highest BCUT2D eigenvalue weighted by Crippen LogP contribution is 2.32. The number of hydrogen-bond acceptors (Lipinski definition) is 0. The third-order valence-electron chi connectivity index (χ3n) is 6.03. The van der Waals surface area contributed by atoms with E-state index in [-0.39, 0.29) is 0 Å². The second-order valence-electron chi connectivity index (χ2n) is 8.00. The quantitative estimate of drug-likeness (QED) is 0.201. The molecule has 4 aromatic carbocycles. The monoisotopic (exact) mass is 612 g/mol. The maximum absolute atomic E-state index is 2.42. The zero-order chi connectivity index (χ0) is 20.5. The third kappa shape index (κ3) is 4.35. The summed E-state index contributed by atoms with van der Waals surface area (Å²) in [7, 11) is 0. The van der Waals surface area contributed by atoms with Gasteiger partial charge in [-0.05, 0) is 140 Å². The lowest BCUT2D eigenvalue weighted by molar-refractivity contribution is 0.925. The van der Waals surface area contributed by atoms with Crippen LogP contribution in [0.25, 0.3) is 22.3 Å². The topological polar surface area (TPSA) is 0 Å². The van der Waals surface area contributed by atoms with Crippen molar-refractivity contribution in [3.8, 4) is 22.3 Å². The van der Waals surface area contributed by atoms with E-state index in [1.54, 1.807) is 0 Å². The van der Waals surface area contributed by atoms with E-state index in [9.17, 15) is 0 Å². The molecule has 4 aliphatic carbocycles. The summed E-state index contributed by atoms with van der Waals surface area (Å²) in [6, 6.07) is 32.1. The molecule has 8 rings (SSSR count). The molecule has 0 amide bonds. The van der Waals surface area contributed by atoms with Crippen molar-refractivity contribution in [1.82, 2.24) is 0 Å². The van der Waals surface area contributed by atoms with Crippen LogP contribution in [0.5, 0.6) is 0 Å². The van der Waals surface area contributed by atoms with E-state index in [1.165, 1.54) is 51.6 Å². The molecule has 0 spiro atoms. The van der Waals surface area contributed by atoms with Crippen LogP contribution in [0.4, 0.5) is 0 Å². The molecule has 0 saturated heterocycles. The van der Waals surface area contributed by atoms with Crippen LogP contribution in [0.1, 0.15) is 22.3 Å². The van der Waals surface area contributed by atoms with E-state index < -0.39 is 0 Å². The Morgan fingerprint density at radius 1 is 0.433 bits per heavy atom. The van der Waals surface area contributed by atoms with Crippen LogP contribution < -0.4 is 0 Å². The highest BCUT2D eigenvalue weighted by atomic mass is 127. The number of benzene rings is 4. The maximum Gasteiger partial charge on any atom is 0.0130 e. The van der Waals surface area contributed by atoms with Gasteiger partial charge in [0.1, 0.15) is 0 Å². The lowest BCUT2D eigenvalue weighted by Crippen LogP contribution is -2.02. The van der Waals surface area contributed by atoms with E-state index in [2.05, 4.69) is 130 Å². The van der Waals surface area contributed by atoms with E-state index >= 15 is 0 Å². The van der Waals surface area contributed by atoms with Gasteiger partial charge in [0.2, 0.25) is 0 Å². The van der Waals surface area contributed by atoms with Crippen molar-refractivity contribution < 1.29 is 0 Å². The molecule has 4 aliphatic rings. The predicted molar refractivity (Wildman–Crippen MR) is 144 cm³/mol. The Labute approximate surface area is 206 Å². The number of rotatable bonds is 2. The summed E-state index contributed by atoms with van der Waals surface area (Å²) in [6.07, 6.45) is 4.25. The highest BCUT2D eigenvalue weighted by molar-refractivity contribution is 14.1. The molecule has 4 bridgehead atoms. The highest BCUT2D eigenvalue weighted by Gasteiger charge is 2.13. The van der Waals surface area contributed by atoms with Crippen LogP contribution in [0.2, 0.25) is 0 Å². The molecule has 0 N–H and O–H groups in total. The van der Waals surface area contributed by atoms with Gasteiger partial charge < -0.3 is 0 Å². The second kappa shape index (κ2) is 8.83. The van der Waals surface area contributed by atoms with Crippen molar-refractivity contribution in [2.45, 2.75) is 25.7 Å². The van der Waals surface area contributed by atoms with Gasteiger partial charge in [0, 0.05) is 7.14 Å². The molecule has 0 radical (unpaired) electrons. The van der Waals surface area contributed by atoms with Gasteiger partial charge in [-0.2, -0.15) is 0 Å². The normalized spacial score (nSPS) is 13.1. The first-order chi connectivity index (χ1) is 14.7. The first kappa shape index (κ1) is 20.3. The average molecular weight is 612 g/mol. The third-order valence-corrected chi connectivity index (χ3v) is 7.46. The molecule has 148 valence electrons. The summed E-state index contributed by atoms with van der Waals surface area (Å²) in [4.78, 5) is 0. The number of halogens is 2. The fraction of sp³-hybridized carbons (Fsp3) is 0.143. The van der Waals surface area contributed by atoms with Gasteiger partial charge in [-0.15, -0.1) is 0 Å². The van der Waals surface area contributed by atoms with Gasteiger partial charge in [0.25, 0.3) is 0 Å². The molecule has 0 atom stereocenters. The van der Waals surface area contributed by atoms with Crippen molar-refractivity contribution in [3.63, 3.8) is 0 Å². The average Bonchev–Trinajstić information content (AvgIpc) is 2.76.